The highest BCUT2D eigenvalue weighted by Crippen LogP contribution is 2.33. The van der Waals surface area contributed by atoms with Gasteiger partial charge in [-0.05, 0) is 63.5 Å². The number of carbonyl (C=O) groups excluding carboxylic acids is 1. The number of benzene rings is 2. The van der Waals surface area contributed by atoms with Crippen LogP contribution < -0.4 is 4.90 Å². The summed E-state index contributed by atoms with van der Waals surface area (Å²) in [5.41, 5.74) is 3.28. The molecule has 1 amide bonds. The van der Waals surface area contributed by atoms with Gasteiger partial charge in [-0.3, -0.25) is 9.69 Å². The largest absolute Gasteiger partial charge is 0.311 e. The number of fused-ring (bicyclic) bond motifs is 1. The number of aryl methyl sites for hydroxylation is 1. The zero-order valence-electron chi connectivity index (χ0n) is 16.6. The molecule has 3 aromatic rings. The van der Waals surface area contributed by atoms with E-state index >= 15 is 0 Å². The monoisotopic (exact) mass is 393 g/mol. The van der Waals surface area contributed by atoms with Crippen molar-refractivity contribution in [3.63, 3.8) is 0 Å². The second-order valence-corrected chi connectivity index (χ2v) is 8.56. The van der Waals surface area contributed by atoms with Crippen LogP contribution in [0.15, 0.2) is 48.5 Å². The molecule has 0 unspecified atom stereocenters. The van der Waals surface area contributed by atoms with Crippen LogP contribution in [0.3, 0.4) is 0 Å². The van der Waals surface area contributed by atoms with E-state index in [1.54, 1.807) is 0 Å². The Kier molecular flexibility index (Phi) is 5.74. The van der Waals surface area contributed by atoms with Crippen LogP contribution in [0.1, 0.15) is 36.3 Å². The number of likely N-dealkylation sites (N-methyl/N-ethyl adjacent to an activating group) is 1. The fourth-order valence-electron chi connectivity index (χ4n) is 4.03. The Balaban J connectivity index is 1.37. The lowest BCUT2D eigenvalue weighted by Gasteiger charge is -2.32. The van der Waals surface area contributed by atoms with Gasteiger partial charge in [0.15, 0.2) is 0 Å². The highest BCUT2D eigenvalue weighted by atomic mass is 32.1. The van der Waals surface area contributed by atoms with Crippen molar-refractivity contribution < 1.29 is 4.79 Å². The maximum absolute atomic E-state index is 12.9. The fraction of sp³-hybridized carbons (Fsp3) is 0.391. The minimum absolute atomic E-state index is 0.190. The number of anilines is 1. The van der Waals surface area contributed by atoms with Crippen molar-refractivity contribution in [2.45, 2.75) is 32.6 Å². The van der Waals surface area contributed by atoms with Crippen molar-refractivity contribution in [3.05, 3.63) is 59.1 Å². The third-order valence-electron chi connectivity index (χ3n) is 5.63. The molecule has 28 heavy (non-hydrogen) atoms. The van der Waals surface area contributed by atoms with E-state index in [-0.39, 0.29) is 5.91 Å². The molecule has 0 atom stereocenters. The lowest BCUT2D eigenvalue weighted by molar-refractivity contribution is -0.120. The standard InChI is InChI=1S/C23H27N3OS/c1-3-26(20-10-6-4-8-17(20)2)22(27)16-25-14-12-18(13-15-25)23-24-19-9-5-7-11-21(19)28-23/h4-11,18H,3,12-16H2,1-2H3. The number of thiazole rings is 1. The second kappa shape index (κ2) is 8.41. The highest BCUT2D eigenvalue weighted by molar-refractivity contribution is 7.18. The van der Waals surface area contributed by atoms with Crippen LogP contribution in [0.25, 0.3) is 10.2 Å². The van der Waals surface area contributed by atoms with Crippen molar-refractivity contribution in [2.24, 2.45) is 0 Å². The summed E-state index contributed by atoms with van der Waals surface area (Å²) in [5.74, 6) is 0.706. The Morgan fingerprint density at radius 1 is 1.14 bits per heavy atom. The van der Waals surface area contributed by atoms with Crippen LogP contribution in [0.5, 0.6) is 0 Å². The molecular weight excluding hydrogens is 366 g/mol. The number of nitrogens with zero attached hydrogens (tertiary/aromatic N) is 3. The molecule has 0 bridgehead atoms. The van der Waals surface area contributed by atoms with Gasteiger partial charge in [-0.15, -0.1) is 11.3 Å². The average Bonchev–Trinajstić information content (AvgIpc) is 3.15. The Labute approximate surface area is 170 Å². The minimum atomic E-state index is 0.190. The van der Waals surface area contributed by atoms with Gasteiger partial charge in [0.25, 0.3) is 0 Å². The number of aromatic nitrogens is 1. The van der Waals surface area contributed by atoms with Gasteiger partial charge in [0.1, 0.15) is 0 Å². The van der Waals surface area contributed by atoms with Gasteiger partial charge in [-0.2, -0.15) is 0 Å². The van der Waals surface area contributed by atoms with Gasteiger partial charge in [0.05, 0.1) is 21.8 Å². The van der Waals surface area contributed by atoms with E-state index in [0.29, 0.717) is 19.0 Å². The summed E-state index contributed by atoms with van der Waals surface area (Å²) in [6, 6.07) is 16.5. The molecule has 0 saturated carbocycles. The summed E-state index contributed by atoms with van der Waals surface area (Å²) in [6.07, 6.45) is 2.15. The highest BCUT2D eigenvalue weighted by Gasteiger charge is 2.26. The Morgan fingerprint density at radius 2 is 1.86 bits per heavy atom. The number of rotatable bonds is 5. The van der Waals surface area contributed by atoms with Crippen LogP contribution in [0, 0.1) is 6.92 Å². The van der Waals surface area contributed by atoms with E-state index in [1.807, 2.05) is 47.4 Å². The molecule has 0 aliphatic carbocycles. The van der Waals surface area contributed by atoms with Gasteiger partial charge in [-0.25, -0.2) is 4.98 Å². The van der Waals surface area contributed by atoms with Crippen LogP contribution in [-0.2, 0) is 4.79 Å². The molecule has 0 radical (unpaired) electrons. The first kappa shape index (κ1) is 19.1. The molecule has 0 N–H and O–H groups in total. The number of likely N-dealkylation sites (tertiary alicyclic amines) is 1. The molecule has 1 aliphatic rings. The Hall–Kier alpha value is -2.24. The van der Waals surface area contributed by atoms with Gasteiger partial charge in [0, 0.05) is 18.2 Å². The summed E-state index contributed by atoms with van der Waals surface area (Å²) >= 11 is 1.82. The molecular formula is C23H27N3OS. The fourth-order valence-corrected chi connectivity index (χ4v) is 5.16. The topological polar surface area (TPSA) is 36.4 Å². The van der Waals surface area contributed by atoms with Gasteiger partial charge in [-0.1, -0.05) is 30.3 Å². The predicted octanol–water partition coefficient (Wildman–Crippen LogP) is 4.84. The molecule has 0 spiro atoms. The van der Waals surface area contributed by atoms with Crippen LogP contribution in [0.2, 0.25) is 0 Å². The van der Waals surface area contributed by atoms with E-state index in [1.165, 1.54) is 9.71 Å². The minimum Gasteiger partial charge on any atom is -0.311 e. The maximum Gasteiger partial charge on any atom is 0.241 e. The summed E-state index contributed by atoms with van der Waals surface area (Å²) in [7, 11) is 0. The Bertz CT molecular complexity index is 926. The molecule has 4 rings (SSSR count). The number of carbonyl (C=O) groups is 1. The summed E-state index contributed by atoms with van der Waals surface area (Å²) < 4.78 is 1.27. The zero-order chi connectivity index (χ0) is 19.5. The summed E-state index contributed by atoms with van der Waals surface area (Å²) in [5, 5.41) is 1.25. The van der Waals surface area contributed by atoms with Crippen LogP contribution >= 0.6 is 11.3 Å². The first-order valence-corrected chi connectivity index (χ1v) is 10.9. The SMILES string of the molecule is CCN(C(=O)CN1CCC(c2nc3ccccc3s2)CC1)c1ccccc1C. The van der Waals surface area contributed by atoms with Crippen LogP contribution in [-0.4, -0.2) is 42.0 Å². The lowest BCUT2D eigenvalue weighted by Crippen LogP contribution is -2.43. The molecule has 1 fully saturated rings. The molecule has 146 valence electrons. The number of hydrogen-bond donors (Lipinski definition) is 0. The first-order chi connectivity index (χ1) is 13.7. The third kappa shape index (κ3) is 3.96. The quantitative estimate of drug-likeness (QED) is 0.622. The van der Waals surface area contributed by atoms with Crippen molar-refractivity contribution in [1.82, 2.24) is 9.88 Å². The molecule has 2 aromatic carbocycles. The predicted molar refractivity (Wildman–Crippen MR) is 117 cm³/mol. The van der Waals surface area contributed by atoms with Gasteiger partial charge >= 0.3 is 0 Å². The molecule has 5 heteroatoms. The normalized spacial score (nSPS) is 15.8. The van der Waals surface area contributed by atoms with Crippen molar-refractivity contribution >= 4 is 33.1 Å². The van der Waals surface area contributed by atoms with E-state index in [4.69, 9.17) is 4.98 Å². The van der Waals surface area contributed by atoms with Crippen molar-refractivity contribution in [2.75, 3.05) is 31.1 Å². The number of piperidine rings is 1. The molecule has 2 heterocycles. The third-order valence-corrected chi connectivity index (χ3v) is 6.83. The van der Waals surface area contributed by atoms with E-state index in [2.05, 4.69) is 36.1 Å². The van der Waals surface area contributed by atoms with Gasteiger partial charge in [0.2, 0.25) is 5.91 Å². The summed E-state index contributed by atoms with van der Waals surface area (Å²) in [4.78, 5) is 22.0. The number of amides is 1. The number of hydrogen-bond acceptors (Lipinski definition) is 4. The first-order valence-electron chi connectivity index (χ1n) is 10.1. The van der Waals surface area contributed by atoms with Crippen molar-refractivity contribution in [3.8, 4) is 0 Å². The van der Waals surface area contributed by atoms with E-state index in [0.717, 1.165) is 42.7 Å². The van der Waals surface area contributed by atoms with Crippen LogP contribution in [0.4, 0.5) is 5.69 Å². The molecule has 4 nitrogen and oxygen atoms in total. The zero-order valence-corrected chi connectivity index (χ0v) is 17.4. The average molecular weight is 394 g/mol. The van der Waals surface area contributed by atoms with E-state index < -0.39 is 0 Å². The smallest absolute Gasteiger partial charge is 0.241 e. The van der Waals surface area contributed by atoms with Crippen molar-refractivity contribution in [1.29, 1.82) is 0 Å². The second-order valence-electron chi connectivity index (χ2n) is 7.49. The molecule has 1 saturated heterocycles. The molecule has 1 aliphatic heterocycles. The van der Waals surface area contributed by atoms with Gasteiger partial charge < -0.3 is 4.90 Å². The summed E-state index contributed by atoms with van der Waals surface area (Å²) in [6.45, 7) is 7.22. The maximum atomic E-state index is 12.9. The van der Waals surface area contributed by atoms with E-state index in [9.17, 15) is 4.79 Å². The lowest BCUT2D eigenvalue weighted by atomic mass is 9.97. The Morgan fingerprint density at radius 3 is 2.57 bits per heavy atom. The molecule has 1 aromatic heterocycles. The number of para-hydroxylation sites is 2.